The molecule has 0 aliphatic carbocycles. The zero-order valence-electron chi connectivity index (χ0n) is 13.1. The lowest BCUT2D eigenvalue weighted by molar-refractivity contribution is 0.119. The molecule has 5 heteroatoms. The molecule has 20 heavy (non-hydrogen) atoms. The van der Waals surface area contributed by atoms with E-state index < -0.39 is 15.1 Å². The van der Waals surface area contributed by atoms with E-state index in [4.69, 9.17) is 4.55 Å². The molecule has 1 atom stereocenters. The largest absolute Gasteiger partial charge is 0.373 e. The van der Waals surface area contributed by atoms with Crippen molar-refractivity contribution in [1.82, 2.24) is 0 Å². The van der Waals surface area contributed by atoms with Crippen LogP contribution in [0.2, 0.25) is 0 Å². The Bertz CT molecular complexity index is 323. The molecule has 0 aromatic rings. The van der Waals surface area contributed by atoms with E-state index in [1.807, 2.05) is 0 Å². The molecule has 0 fully saturated rings. The van der Waals surface area contributed by atoms with Gasteiger partial charge >= 0.3 is 0 Å². The Morgan fingerprint density at radius 3 is 1.50 bits per heavy atom. The first-order chi connectivity index (χ1) is 9.31. The summed E-state index contributed by atoms with van der Waals surface area (Å²) in [5.41, 5.74) is 0. The molecule has 2 N–H and O–H groups in total. The van der Waals surface area contributed by atoms with Crippen LogP contribution in [0.4, 0.5) is 0 Å². The van der Waals surface area contributed by atoms with Crippen LogP contribution in [0, 0.1) is 0 Å². The smallest absolute Gasteiger partial charge is 0.294 e. The zero-order valence-corrected chi connectivity index (χ0v) is 13.9. The summed E-state index contributed by atoms with van der Waals surface area (Å²) in [6.45, 7) is 3.37. The van der Waals surface area contributed by atoms with Gasteiger partial charge in [-0.2, -0.15) is 8.42 Å². The van der Waals surface area contributed by atoms with Crippen LogP contribution in [0.25, 0.3) is 0 Å². The maximum absolute atomic E-state index is 10.9. The molecule has 1 unspecified atom stereocenters. The van der Waals surface area contributed by atoms with Crippen molar-refractivity contribution in [3.05, 3.63) is 0 Å². The van der Waals surface area contributed by atoms with Gasteiger partial charge in [-0.05, 0) is 19.8 Å². The van der Waals surface area contributed by atoms with Crippen LogP contribution >= 0.6 is 0 Å². The highest BCUT2D eigenvalue weighted by atomic mass is 32.2. The Morgan fingerprint density at radius 1 is 0.800 bits per heavy atom. The summed E-state index contributed by atoms with van der Waals surface area (Å²) >= 11 is 0. The Balaban J connectivity index is 3.37. The molecule has 4 nitrogen and oxygen atoms in total. The van der Waals surface area contributed by atoms with Gasteiger partial charge in [-0.15, -0.1) is 0 Å². The summed E-state index contributed by atoms with van der Waals surface area (Å²) in [5, 5.41) is 9.56. The Kier molecular flexibility index (Phi) is 10.5. The zero-order chi connectivity index (χ0) is 15.5. The van der Waals surface area contributed by atoms with Gasteiger partial charge in [0.1, 0.15) is 0 Å². The predicted octanol–water partition coefficient (Wildman–Crippen LogP) is 4.28. The van der Waals surface area contributed by atoms with Gasteiger partial charge in [0.25, 0.3) is 10.1 Å². The molecule has 0 radical (unpaired) electrons. The molecule has 0 aromatic carbocycles. The van der Waals surface area contributed by atoms with Crippen molar-refractivity contribution >= 4 is 10.1 Å². The molecule has 0 rings (SSSR count). The van der Waals surface area contributed by atoms with Crippen molar-refractivity contribution < 1.29 is 18.1 Å². The molecule has 0 aromatic heterocycles. The molecule has 122 valence electrons. The van der Waals surface area contributed by atoms with Crippen LogP contribution in [0.15, 0.2) is 0 Å². The first-order valence-corrected chi connectivity index (χ1v) is 9.44. The van der Waals surface area contributed by atoms with Gasteiger partial charge in [0, 0.05) is 0 Å². The summed E-state index contributed by atoms with van der Waals surface area (Å²) in [5.74, 6) is 0. The second kappa shape index (κ2) is 10.6. The second-order valence-corrected chi connectivity index (χ2v) is 7.77. The third-order valence-corrected chi connectivity index (χ3v) is 5.12. The minimum atomic E-state index is -4.36. The van der Waals surface area contributed by atoms with E-state index in [1.165, 1.54) is 51.4 Å². The van der Waals surface area contributed by atoms with Crippen LogP contribution in [-0.4, -0.2) is 23.0 Å². The van der Waals surface area contributed by atoms with Crippen LogP contribution in [0.5, 0.6) is 0 Å². The van der Waals surface area contributed by atoms with E-state index >= 15 is 0 Å². The summed E-state index contributed by atoms with van der Waals surface area (Å²) in [7, 11) is -4.36. The van der Waals surface area contributed by atoms with Crippen molar-refractivity contribution in [3.63, 3.8) is 0 Å². The van der Waals surface area contributed by atoms with Crippen molar-refractivity contribution in [2.24, 2.45) is 0 Å². The summed E-state index contributed by atoms with van der Waals surface area (Å²) in [6, 6.07) is 0. The number of hydrogen-bond donors (Lipinski definition) is 2. The Labute approximate surface area is 124 Å². The summed E-state index contributed by atoms with van der Waals surface area (Å²) in [4.78, 5) is -1.99. The Hall–Kier alpha value is -0.130. The van der Waals surface area contributed by atoms with E-state index in [0.29, 0.717) is 6.42 Å². The topological polar surface area (TPSA) is 74.6 Å². The van der Waals surface area contributed by atoms with E-state index in [0.717, 1.165) is 19.8 Å². The minimum absolute atomic E-state index is 0.100. The standard InChI is InChI=1S/C15H32O4S/c1-3-4-5-6-7-8-9-10-11-12-13-14-15(2,16)20(17,18)19/h16H,3-14H2,1-2H3,(H,17,18,19). The molecule has 0 saturated heterocycles. The number of aliphatic hydroxyl groups is 1. The molecular weight excluding hydrogens is 276 g/mol. The van der Waals surface area contributed by atoms with Crippen LogP contribution < -0.4 is 0 Å². The molecule has 0 heterocycles. The van der Waals surface area contributed by atoms with E-state index in [2.05, 4.69) is 6.92 Å². The van der Waals surface area contributed by atoms with Gasteiger partial charge < -0.3 is 5.11 Å². The highest BCUT2D eigenvalue weighted by Crippen LogP contribution is 2.21. The average Bonchev–Trinajstić information content (AvgIpc) is 2.34. The van der Waals surface area contributed by atoms with Crippen LogP contribution in [-0.2, 0) is 10.1 Å². The van der Waals surface area contributed by atoms with Gasteiger partial charge in [-0.1, -0.05) is 71.1 Å². The molecule has 0 bridgehead atoms. The maximum atomic E-state index is 10.9. The SMILES string of the molecule is CCCCCCCCCCCCCC(C)(O)S(=O)(=O)O. The Morgan fingerprint density at radius 2 is 1.15 bits per heavy atom. The molecular formula is C15H32O4S. The predicted molar refractivity (Wildman–Crippen MR) is 83.3 cm³/mol. The quantitative estimate of drug-likeness (QED) is 0.393. The third kappa shape index (κ3) is 9.72. The van der Waals surface area contributed by atoms with E-state index in [9.17, 15) is 13.5 Å². The fraction of sp³-hybridized carbons (Fsp3) is 1.00. The number of hydrogen-bond acceptors (Lipinski definition) is 3. The molecule has 0 aliphatic heterocycles. The van der Waals surface area contributed by atoms with Crippen molar-refractivity contribution in [2.75, 3.05) is 0 Å². The van der Waals surface area contributed by atoms with Crippen molar-refractivity contribution in [3.8, 4) is 0 Å². The van der Waals surface area contributed by atoms with Gasteiger partial charge in [0.05, 0.1) is 0 Å². The molecule has 0 spiro atoms. The van der Waals surface area contributed by atoms with E-state index in [1.54, 1.807) is 0 Å². The molecule has 0 amide bonds. The van der Waals surface area contributed by atoms with Crippen molar-refractivity contribution in [2.45, 2.75) is 95.8 Å². The lowest BCUT2D eigenvalue weighted by Gasteiger charge is -2.19. The molecule has 0 saturated carbocycles. The van der Waals surface area contributed by atoms with Gasteiger partial charge in [-0.3, -0.25) is 4.55 Å². The van der Waals surface area contributed by atoms with Gasteiger partial charge in [-0.25, -0.2) is 0 Å². The van der Waals surface area contributed by atoms with E-state index in [-0.39, 0.29) is 6.42 Å². The van der Waals surface area contributed by atoms with Gasteiger partial charge in [0.15, 0.2) is 4.93 Å². The fourth-order valence-electron chi connectivity index (χ4n) is 2.25. The van der Waals surface area contributed by atoms with Crippen LogP contribution in [0.1, 0.15) is 90.9 Å². The second-order valence-electron chi connectivity index (χ2n) is 5.94. The average molecular weight is 308 g/mol. The third-order valence-electron chi connectivity index (χ3n) is 3.80. The highest BCUT2D eigenvalue weighted by Gasteiger charge is 2.34. The minimum Gasteiger partial charge on any atom is -0.373 e. The lowest BCUT2D eigenvalue weighted by atomic mass is 10.0. The summed E-state index contributed by atoms with van der Waals surface area (Å²) in [6.07, 6.45) is 13.0. The maximum Gasteiger partial charge on any atom is 0.294 e. The lowest BCUT2D eigenvalue weighted by Crippen LogP contribution is -2.34. The van der Waals surface area contributed by atoms with Gasteiger partial charge in [0.2, 0.25) is 0 Å². The van der Waals surface area contributed by atoms with Crippen molar-refractivity contribution in [1.29, 1.82) is 0 Å². The normalized spacial score (nSPS) is 15.2. The molecule has 0 aliphatic rings. The first-order valence-electron chi connectivity index (χ1n) is 8.00. The fourth-order valence-corrected chi connectivity index (χ4v) is 2.65. The summed E-state index contributed by atoms with van der Waals surface area (Å²) < 4.78 is 30.6. The van der Waals surface area contributed by atoms with Crippen LogP contribution in [0.3, 0.4) is 0 Å². The first kappa shape index (κ1) is 19.9. The monoisotopic (exact) mass is 308 g/mol. The number of rotatable bonds is 13. The number of unbranched alkanes of at least 4 members (excludes halogenated alkanes) is 10. The highest BCUT2D eigenvalue weighted by molar-refractivity contribution is 7.87.